The van der Waals surface area contributed by atoms with Gasteiger partial charge in [-0.25, -0.2) is 9.37 Å². The number of hydrogen-bond donors (Lipinski definition) is 1. The molecule has 0 spiro atoms. The Morgan fingerprint density at radius 2 is 2.04 bits per heavy atom. The molecule has 3 aromatic rings. The van der Waals surface area contributed by atoms with Crippen molar-refractivity contribution < 1.29 is 9.18 Å². The fraction of sp³-hybridized carbons (Fsp3) is 0.118. The van der Waals surface area contributed by atoms with Crippen molar-refractivity contribution in [3.05, 3.63) is 71.4 Å². The van der Waals surface area contributed by atoms with E-state index in [0.717, 1.165) is 5.69 Å². The average Bonchev–Trinajstić information content (AvgIpc) is 3.04. The zero-order chi connectivity index (χ0) is 16.9. The van der Waals surface area contributed by atoms with E-state index in [9.17, 15) is 9.18 Å². The van der Waals surface area contributed by atoms with Crippen molar-refractivity contribution in [3.63, 3.8) is 0 Å². The first kappa shape index (κ1) is 16.1. The number of pyridine rings is 1. The SMILES string of the molecule is O=C(NCCn1ccnc1-c1ccccn1)c1c(F)cccc1Cl. The van der Waals surface area contributed by atoms with E-state index in [4.69, 9.17) is 11.6 Å². The molecule has 2 heterocycles. The van der Waals surface area contributed by atoms with E-state index in [1.807, 2.05) is 22.8 Å². The topological polar surface area (TPSA) is 59.8 Å². The second-order valence-electron chi connectivity index (χ2n) is 5.01. The van der Waals surface area contributed by atoms with Gasteiger partial charge in [-0.05, 0) is 24.3 Å². The average molecular weight is 345 g/mol. The van der Waals surface area contributed by atoms with Gasteiger partial charge in [0, 0.05) is 31.7 Å². The zero-order valence-corrected chi connectivity index (χ0v) is 13.4. The molecule has 0 bridgehead atoms. The van der Waals surface area contributed by atoms with Crippen LogP contribution in [0.4, 0.5) is 4.39 Å². The Labute approximate surface area is 143 Å². The highest BCUT2D eigenvalue weighted by atomic mass is 35.5. The van der Waals surface area contributed by atoms with Crippen LogP contribution in [0.25, 0.3) is 11.5 Å². The van der Waals surface area contributed by atoms with Gasteiger partial charge >= 0.3 is 0 Å². The van der Waals surface area contributed by atoms with Crippen LogP contribution in [0, 0.1) is 5.82 Å². The predicted molar refractivity (Wildman–Crippen MR) is 89.2 cm³/mol. The van der Waals surface area contributed by atoms with Crippen LogP contribution in [0.2, 0.25) is 5.02 Å². The first-order valence-electron chi connectivity index (χ1n) is 7.31. The monoisotopic (exact) mass is 344 g/mol. The van der Waals surface area contributed by atoms with Crippen molar-refractivity contribution in [2.75, 3.05) is 6.54 Å². The lowest BCUT2D eigenvalue weighted by atomic mass is 10.2. The lowest BCUT2D eigenvalue weighted by molar-refractivity contribution is 0.0948. The van der Waals surface area contributed by atoms with E-state index in [2.05, 4.69) is 15.3 Å². The Bertz CT molecular complexity index is 831. The molecule has 0 aliphatic rings. The summed E-state index contributed by atoms with van der Waals surface area (Å²) in [5.74, 6) is -0.483. The van der Waals surface area contributed by atoms with E-state index in [1.165, 1.54) is 18.2 Å². The molecule has 24 heavy (non-hydrogen) atoms. The largest absolute Gasteiger partial charge is 0.350 e. The summed E-state index contributed by atoms with van der Waals surface area (Å²) < 4.78 is 15.6. The number of nitrogens with zero attached hydrogens (tertiary/aromatic N) is 3. The van der Waals surface area contributed by atoms with Gasteiger partial charge in [0.2, 0.25) is 0 Å². The maximum Gasteiger partial charge on any atom is 0.255 e. The number of benzene rings is 1. The second kappa shape index (κ2) is 7.23. The number of nitrogens with one attached hydrogen (secondary N) is 1. The molecule has 5 nitrogen and oxygen atoms in total. The van der Waals surface area contributed by atoms with Crippen LogP contribution in [0.15, 0.2) is 55.0 Å². The molecule has 0 aliphatic carbocycles. The van der Waals surface area contributed by atoms with Gasteiger partial charge in [-0.1, -0.05) is 23.7 Å². The number of carbonyl (C=O) groups excluding carboxylic acids is 1. The summed E-state index contributed by atoms with van der Waals surface area (Å²) in [6.07, 6.45) is 5.15. The Hall–Kier alpha value is -2.73. The Morgan fingerprint density at radius 1 is 1.17 bits per heavy atom. The first-order chi connectivity index (χ1) is 11.7. The van der Waals surface area contributed by atoms with Gasteiger partial charge in [0.25, 0.3) is 5.91 Å². The Morgan fingerprint density at radius 3 is 2.79 bits per heavy atom. The van der Waals surface area contributed by atoms with Crippen molar-refractivity contribution >= 4 is 17.5 Å². The minimum atomic E-state index is -0.642. The van der Waals surface area contributed by atoms with Gasteiger partial charge in [-0.2, -0.15) is 0 Å². The normalized spacial score (nSPS) is 10.6. The first-order valence-corrected chi connectivity index (χ1v) is 7.69. The maximum atomic E-state index is 13.7. The number of aromatic nitrogens is 3. The van der Waals surface area contributed by atoms with Gasteiger partial charge in [0.05, 0.1) is 10.6 Å². The summed E-state index contributed by atoms with van der Waals surface area (Å²) in [6.45, 7) is 0.781. The molecule has 1 N–H and O–H groups in total. The molecule has 0 aliphatic heterocycles. The minimum Gasteiger partial charge on any atom is -0.350 e. The van der Waals surface area contributed by atoms with Crippen molar-refractivity contribution in [2.45, 2.75) is 6.54 Å². The summed E-state index contributed by atoms with van der Waals surface area (Å²) >= 11 is 5.88. The number of carbonyl (C=O) groups is 1. The van der Waals surface area contributed by atoms with Gasteiger partial charge in [0.15, 0.2) is 5.82 Å². The maximum absolute atomic E-state index is 13.7. The van der Waals surface area contributed by atoms with Gasteiger partial charge in [-0.15, -0.1) is 0 Å². The minimum absolute atomic E-state index is 0.0873. The molecule has 0 atom stereocenters. The van der Waals surface area contributed by atoms with E-state index >= 15 is 0 Å². The number of hydrogen-bond acceptors (Lipinski definition) is 3. The second-order valence-corrected chi connectivity index (χ2v) is 5.42. The molecule has 0 saturated carbocycles. The van der Waals surface area contributed by atoms with Crippen LogP contribution in [0.5, 0.6) is 0 Å². The van der Waals surface area contributed by atoms with Crippen LogP contribution in [0.3, 0.4) is 0 Å². The van der Waals surface area contributed by atoms with Crippen LogP contribution in [-0.4, -0.2) is 27.0 Å². The third kappa shape index (κ3) is 3.44. The highest BCUT2D eigenvalue weighted by Gasteiger charge is 2.15. The van der Waals surface area contributed by atoms with Crippen molar-refractivity contribution in [1.29, 1.82) is 0 Å². The standard InChI is InChI=1S/C17H14ClFN4O/c18-12-4-3-5-13(19)15(12)17(24)22-9-11-23-10-8-21-16(23)14-6-1-2-7-20-14/h1-8,10H,9,11H2,(H,22,24). The third-order valence-corrected chi connectivity index (χ3v) is 3.75. The molecule has 1 aromatic carbocycles. The Kier molecular flexibility index (Phi) is 4.86. The number of halogens is 2. The number of rotatable bonds is 5. The molecule has 2 aromatic heterocycles. The van der Waals surface area contributed by atoms with Crippen LogP contribution in [-0.2, 0) is 6.54 Å². The summed E-state index contributed by atoms with van der Waals surface area (Å²) in [5.41, 5.74) is 0.598. The van der Waals surface area contributed by atoms with E-state index in [0.29, 0.717) is 18.9 Å². The number of amides is 1. The molecular weight excluding hydrogens is 331 g/mol. The molecule has 3 rings (SSSR count). The fourth-order valence-electron chi connectivity index (χ4n) is 2.31. The predicted octanol–water partition coefficient (Wildman–Crippen LogP) is 3.17. The smallest absolute Gasteiger partial charge is 0.255 e. The van der Waals surface area contributed by atoms with Crippen molar-refractivity contribution in [2.24, 2.45) is 0 Å². The summed E-state index contributed by atoms with van der Waals surface area (Å²) in [7, 11) is 0. The quantitative estimate of drug-likeness (QED) is 0.773. The van der Waals surface area contributed by atoms with Gasteiger partial charge in [0.1, 0.15) is 11.5 Å². The van der Waals surface area contributed by atoms with Gasteiger partial charge in [-0.3, -0.25) is 9.78 Å². The molecule has 7 heteroatoms. The lowest BCUT2D eigenvalue weighted by Crippen LogP contribution is -2.28. The van der Waals surface area contributed by atoms with Crippen LogP contribution >= 0.6 is 11.6 Å². The molecular formula is C17H14ClFN4O. The Balaban J connectivity index is 1.66. The third-order valence-electron chi connectivity index (χ3n) is 3.44. The molecule has 122 valence electrons. The summed E-state index contributed by atoms with van der Waals surface area (Å²) in [6, 6.07) is 9.71. The lowest BCUT2D eigenvalue weighted by Gasteiger charge is -2.10. The van der Waals surface area contributed by atoms with Crippen LogP contribution < -0.4 is 5.32 Å². The molecule has 0 saturated heterocycles. The molecule has 1 amide bonds. The van der Waals surface area contributed by atoms with Crippen molar-refractivity contribution in [3.8, 4) is 11.5 Å². The molecule has 0 unspecified atom stereocenters. The highest BCUT2D eigenvalue weighted by molar-refractivity contribution is 6.33. The summed E-state index contributed by atoms with van der Waals surface area (Å²) in [5, 5.41) is 2.75. The van der Waals surface area contributed by atoms with Crippen LogP contribution in [0.1, 0.15) is 10.4 Å². The number of imidazole rings is 1. The molecule has 0 fully saturated rings. The van der Waals surface area contributed by atoms with Crippen molar-refractivity contribution in [1.82, 2.24) is 19.9 Å². The zero-order valence-electron chi connectivity index (χ0n) is 12.6. The highest BCUT2D eigenvalue weighted by Crippen LogP contribution is 2.18. The summed E-state index contributed by atoms with van der Waals surface area (Å²) in [4.78, 5) is 20.6. The van der Waals surface area contributed by atoms with Gasteiger partial charge < -0.3 is 9.88 Å². The fourth-order valence-corrected chi connectivity index (χ4v) is 2.56. The van der Waals surface area contributed by atoms with E-state index in [1.54, 1.807) is 18.6 Å². The van der Waals surface area contributed by atoms with E-state index in [-0.39, 0.29) is 10.6 Å². The molecule has 0 radical (unpaired) electrons. The van der Waals surface area contributed by atoms with E-state index < -0.39 is 11.7 Å².